The third kappa shape index (κ3) is 7.23. The fourth-order valence-corrected chi connectivity index (χ4v) is 3.64. The number of phenolic OH excluding ortho intramolecular Hbond substituents is 1. The van der Waals surface area contributed by atoms with Crippen LogP contribution in [0.15, 0.2) is 24.3 Å². The Morgan fingerprint density at radius 2 is 1.84 bits per heavy atom. The molecule has 0 saturated carbocycles. The Kier molecular flexibility index (Phi) is 9.45. The molecule has 1 fully saturated rings. The number of likely N-dealkylation sites (tertiary alicyclic amines) is 1. The lowest BCUT2D eigenvalue weighted by molar-refractivity contribution is -0.139. The number of amides is 4. The van der Waals surface area contributed by atoms with Crippen molar-refractivity contribution in [1.29, 1.82) is 0 Å². The summed E-state index contributed by atoms with van der Waals surface area (Å²) >= 11 is 0. The summed E-state index contributed by atoms with van der Waals surface area (Å²) in [6.45, 7) is 2.39. The number of hydrogen-bond donors (Lipinski definition) is 5. The number of carbonyl (C=O) groups excluding carboxylic acids is 4. The first-order valence-electron chi connectivity index (χ1n) is 10.9. The summed E-state index contributed by atoms with van der Waals surface area (Å²) in [5.41, 5.74) is 11.5. The van der Waals surface area contributed by atoms with Crippen LogP contribution < -0.4 is 22.1 Å². The van der Waals surface area contributed by atoms with Crippen molar-refractivity contribution < 1.29 is 24.3 Å². The average molecular weight is 448 g/mol. The molecule has 176 valence electrons. The maximum atomic E-state index is 13.0. The van der Waals surface area contributed by atoms with Crippen LogP contribution in [0.3, 0.4) is 0 Å². The van der Waals surface area contributed by atoms with E-state index in [1.54, 1.807) is 12.1 Å². The molecule has 2 rings (SSSR count). The minimum Gasteiger partial charge on any atom is -0.508 e. The molecule has 0 aromatic heterocycles. The molecular formula is C22H33N5O5. The maximum Gasteiger partial charge on any atom is 0.243 e. The molecular weight excluding hydrogens is 414 g/mol. The molecule has 1 heterocycles. The second-order valence-corrected chi connectivity index (χ2v) is 8.07. The first kappa shape index (κ1) is 25.1. The van der Waals surface area contributed by atoms with Crippen molar-refractivity contribution >= 4 is 23.6 Å². The molecule has 1 aromatic rings. The first-order chi connectivity index (χ1) is 15.2. The molecule has 1 saturated heterocycles. The topological polar surface area (TPSA) is 168 Å². The number of phenols is 1. The second kappa shape index (κ2) is 12.0. The largest absolute Gasteiger partial charge is 0.508 e. The van der Waals surface area contributed by atoms with Gasteiger partial charge in [-0.25, -0.2) is 0 Å². The second-order valence-electron chi connectivity index (χ2n) is 8.07. The molecule has 0 aliphatic carbocycles. The number of aromatic hydroxyl groups is 1. The zero-order valence-electron chi connectivity index (χ0n) is 18.4. The number of carbonyl (C=O) groups is 4. The number of rotatable bonds is 11. The highest BCUT2D eigenvalue weighted by molar-refractivity contribution is 5.94. The zero-order valence-corrected chi connectivity index (χ0v) is 18.4. The van der Waals surface area contributed by atoms with E-state index >= 15 is 0 Å². The van der Waals surface area contributed by atoms with Crippen molar-refractivity contribution in [3.63, 3.8) is 0 Å². The van der Waals surface area contributed by atoms with Gasteiger partial charge in [-0.1, -0.05) is 12.1 Å². The average Bonchev–Trinajstić information content (AvgIpc) is 3.24. The highest BCUT2D eigenvalue weighted by Crippen LogP contribution is 2.20. The Hall–Kier alpha value is -3.14. The monoisotopic (exact) mass is 447 g/mol. The number of nitrogens with two attached hydrogens (primary N) is 2. The van der Waals surface area contributed by atoms with Crippen LogP contribution in [0, 0.1) is 0 Å². The standard InChI is InChI=1S/C22H33N5O5/c1-14(20(24)30)25-21(31)17(5-2-3-11-23)26-22(32)18-6-4-12-27(18)19(29)13-15-7-9-16(28)10-8-15/h7-10,14,17-18,28H,2-6,11-13,23H2,1H3,(H2,24,30)(H,25,31)(H,26,32)/t14-,17-,18-/m0/s1. The maximum absolute atomic E-state index is 13.0. The van der Waals surface area contributed by atoms with Gasteiger partial charge in [-0.3, -0.25) is 19.2 Å². The number of nitrogens with zero attached hydrogens (tertiary/aromatic N) is 1. The van der Waals surface area contributed by atoms with Crippen LogP contribution in [-0.4, -0.2) is 64.9 Å². The molecule has 1 aliphatic rings. The number of primary amides is 1. The summed E-state index contributed by atoms with van der Waals surface area (Å²) in [7, 11) is 0. The zero-order chi connectivity index (χ0) is 23.7. The number of benzene rings is 1. The molecule has 0 bridgehead atoms. The third-order valence-electron chi connectivity index (χ3n) is 5.53. The van der Waals surface area contributed by atoms with E-state index in [0.29, 0.717) is 45.2 Å². The lowest BCUT2D eigenvalue weighted by Gasteiger charge is -2.27. The molecule has 1 aromatic carbocycles. The van der Waals surface area contributed by atoms with E-state index < -0.39 is 35.8 Å². The molecule has 10 nitrogen and oxygen atoms in total. The van der Waals surface area contributed by atoms with E-state index in [2.05, 4.69) is 10.6 Å². The smallest absolute Gasteiger partial charge is 0.243 e. The van der Waals surface area contributed by atoms with Gasteiger partial charge >= 0.3 is 0 Å². The Bertz CT molecular complexity index is 813. The van der Waals surface area contributed by atoms with Gasteiger partial charge in [0.1, 0.15) is 23.9 Å². The number of hydrogen-bond acceptors (Lipinski definition) is 6. The Morgan fingerprint density at radius 1 is 1.16 bits per heavy atom. The van der Waals surface area contributed by atoms with Crippen LogP contribution in [0.4, 0.5) is 0 Å². The van der Waals surface area contributed by atoms with Crippen molar-refractivity contribution in [2.75, 3.05) is 13.1 Å². The number of nitrogens with one attached hydrogen (secondary N) is 2. The van der Waals surface area contributed by atoms with Gasteiger partial charge in [0.05, 0.1) is 6.42 Å². The van der Waals surface area contributed by atoms with Crippen molar-refractivity contribution in [2.45, 2.75) is 63.6 Å². The third-order valence-corrected chi connectivity index (χ3v) is 5.53. The summed E-state index contributed by atoms with van der Waals surface area (Å²) in [6.07, 6.45) is 2.96. The molecule has 0 unspecified atom stereocenters. The van der Waals surface area contributed by atoms with Crippen LogP contribution in [0.1, 0.15) is 44.6 Å². The quantitative estimate of drug-likeness (QED) is 0.287. The minimum atomic E-state index is -0.869. The van der Waals surface area contributed by atoms with Crippen molar-refractivity contribution in [1.82, 2.24) is 15.5 Å². The number of unbranched alkanes of at least 4 members (excludes halogenated alkanes) is 1. The molecule has 32 heavy (non-hydrogen) atoms. The molecule has 1 aliphatic heterocycles. The van der Waals surface area contributed by atoms with Gasteiger partial charge in [-0.15, -0.1) is 0 Å². The van der Waals surface area contributed by atoms with Crippen LogP contribution in [0.2, 0.25) is 0 Å². The summed E-state index contributed by atoms with van der Waals surface area (Å²) < 4.78 is 0. The van der Waals surface area contributed by atoms with Gasteiger partial charge < -0.3 is 32.1 Å². The predicted octanol–water partition coefficient (Wildman–Crippen LogP) is -0.470. The molecule has 10 heteroatoms. The predicted molar refractivity (Wildman–Crippen MR) is 118 cm³/mol. The van der Waals surface area contributed by atoms with Crippen molar-refractivity contribution in [2.24, 2.45) is 11.5 Å². The van der Waals surface area contributed by atoms with Crippen LogP contribution in [-0.2, 0) is 25.6 Å². The molecule has 4 amide bonds. The Balaban J connectivity index is 2.03. The van der Waals surface area contributed by atoms with E-state index in [1.165, 1.54) is 24.0 Å². The summed E-state index contributed by atoms with van der Waals surface area (Å²) in [4.78, 5) is 51.2. The van der Waals surface area contributed by atoms with Gasteiger partial charge in [-0.2, -0.15) is 0 Å². The molecule has 0 spiro atoms. The van der Waals surface area contributed by atoms with Gasteiger partial charge in [0, 0.05) is 6.54 Å². The minimum absolute atomic E-state index is 0.112. The fourth-order valence-electron chi connectivity index (χ4n) is 3.64. The lowest BCUT2D eigenvalue weighted by atomic mass is 10.1. The van der Waals surface area contributed by atoms with Gasteiger partial charge in [0.25, 0.3) is 0 Å². The summed E-state index contributed by atoms with van der Waals surface area (Å²) in [6, 6.07) is 3.95. The molecule has 7 N–H and O–H groups in total. The van der Waals surface area contributed by atoms with Crippen LogP contribution in [0.25, 0.3) is 0 Å². The summed E-state index contributed by atoms with van der Waals surface area (Å²) in [5, 5.41) is 14.7. The van der Waals surface area contributed by atoms with E-state index in [4.69, 9.17) is 11.5 Å². The van der Waals surface area contributed by atoms with Crippen LogP contribution in [0.5, 0.6) is 5.75 Å². The van der Waals surface area contributed by atoms with Gasteiger partial charge in [0.15, 0.2) is 0 Å². The van der Waals surface area contributed by atoms with E-state index in [-0.39, 0.29) is 18.1 Å². The molecule has 0 radical (unpaired) electrons. The van der Waals surface area contributed by atoms with Crippen LogP contribution >= 0.6 is 0 Å². The highest BCUT2D eigenvalue weighted by Gasteiger charge is 2.35. The van der Waals surface area contributed by atoms with Crippen molar-refractivity contribution in [3.05, 3.63) is 29.8 Å². The molecule has 3 atom stereocenters. The first-order valence-corrected chi connectivity index (χ1v) is 10.9. The SMILES string of the molecule is C[C@H](NC(=O)[C@H](CCCCN)NC(=O)[C@@H]1CCCN1C(=O)Cc1ccc(O)cc1)C(N)=O. The Morgan fingerprint density at radius 3 is 2.47 bits per heavy atom. The van der Waals surface area contributed by atoms with Gasteiger partial charge in [0.2, 0.25) is 23.6 Å². The van der Waals surface area contributed by atoms with Gasteiger partial charge in [-0.05, 0) is 63.3 Å². The summed E-state index contributed by atoms with van der Waals surface area (Å²) in [5.74, 6) is -1.65. The van der Waals surface area contributed by atoms with Crippen molar-refractivity contribution in [3.8, 4) is 5.75 Å². The highest BCUT2D eigenvalue weighted by atomic mass is 16.3. The Labute approximate surface area is 187 Å². The normalized spacial score (nSPS) is 17.4. The lowest BCUT2D eigenvalue weighted by Crippen LogP contribution is -2.55. The fraction of sp³-hybridized carbons (Fsp3) is 0.545. The van der Waals surface area contributed by atoms with E-state index in [1.807, 2.05) is 0 Å². The van der Waals surface area contributed by atoms with E-state index in [0.717, 1.165) is 5.56 Å². The van der Waals surface area contributed by atoms with E-state index in [9.17, 15) is 24.3 Å².